The van der Waals surface area contributed by atoms with Crippen LogP contribution in [0.3, 0.4) is 0 Å². The van der Waals surface area contributed by atoms with Crippen molar-refractivity contribution in [2.75, 3.05) is 5.73 Å². The lowest BCUT2D eigenvalue weighted by molar-refractivity contribution is 1.68. The number of nitrogens with two attached hydrogens (primary N) is 1. The van der Waals surface area contributed by atoms with Gasteiger partial charge in [-0.05, 0) is 18.2 Å². The van der Waals surface area contributed by atoms with Gasteiger partial charge in [0.25, 0.3) is 0 Å². The van der Waals surface area contributed by atoms with Crippen molar-refractivity contribution in [1.82, 2.24) is 0 Å². The summed E-state index contributed by atoms with van der Waals surface area (Å²) in [7, 11) is 0. The summed E-state index contributed by atoms with van der Waals surface area (Å²) in [4.78, 5) is 0. The van der Waals surface area contributed by atoms with Crippen LogP contribution < -0.4 is 5.73 Å². The first kappa shape index (κ1) is 9.89. The predicted octanol–water partition coefficient (Wildman–Crippen LogP) is 3.00. The van der Waals surface area contributed by atoms with Crippen molar-refractivity contribution in [3.63, 3.8) is 0 Å². The Bertz CT molecular complexity index is 224. The SMILES string of the molecule is Cl.Nc1ccc(Cl)cc1Cl. The van der Waals surface area contributed by atoms with Gasteiger partial charge in [-0.3, -0.25) is 0 Å². The molecule has 0 aliphatic carbocycles. The molecule has 0 atom stereocenters. The smallest absolute Gasteiger partial charge is 0.0650 e. The van der Waals surface area contributed by atoms with Crippen molar-refractivity contribution >= 4 is 41.3 Å². The molecule has 0 aromatic heterocycles. The molecule has 0 unspecified atom stereocenters. The molecule has 56 valence electrons. The van der Waals surface area contributed by atoms with Gasteiger partial charge in [0.15, 0.2) is 0 Å². The standard InChI is InChI=1S/C6H5Cl2N.ClH/c7-4-1-2-6(9)5(8)3-4;/h1-3H,9H2;1H. The maximum Gasteiger partial charge on any atom is 0.0650 e. The highest BCUT2D eigenvalue weighted by Gasteiger charge is 1.93. The van der Waals surface area contributed by atoms with Crippen molar-refractivity contribution in [3.8, 4) is 0 Å². The van der Waals surface area contributed by atoms with E-state index < -0.39 is 0 Å². The Morgan fingerprint density at radius 2 is 1.80 bits per heavy atom. The number of hydrogen-bond donors (Lipinski definition) is 1. The topological polar surface area (TPSA) is 26.0 Å². The van der Waals surface area contributed by atoms with Gasteiger partial charge in [0.05, 0.1) is 10.7 Å². The summed E-state index contributed by atoms with van der Waals surface area (Å²) in [6, 6.07) is 4.98. The Kier molecular flexibility index (Phi) is 3.87. The lowest BCUT2D eigenvalue weighted by atomic mass is 10.3. The minimum absolute atomic E-state index is 0. The average molecular weight is 198 g/mol. The summed E-state index contributed by atoms with van der Waals surface area (Å²) in [5, 5.41) is 1.11. The molecule has 1 aromatic carbocycles. The van der Waals surface area contributed by atoms with Crippen LogP contribution in [-0.2, 0) is 0 Å². The molecule has 2 N–H and O–H groups in total. The third-order valence-electron chi connectivity index (χ3n) is 0.962. The molecule has 0 saturated heterocycles. The normalized spacial score (nSPS) is 8.60. The zero-order chi connectivity index (χ0) is 6.85. The second-order valence-corrected chi connectivity index (χ2v) is 2.51. The van der Waals surface area contributed by atoms with Gasteiger partial charge >= 0.3 is 0 Å². The van der Waals surface area contributed by atoms with E-state index in [9.17, 15) is 0 Å². The molecule has 0 fully saturated rings. The maximum absolute atomic E-state index is 5.60. The van der Waals surface area contributed by atoms with E-state index in [0.29, 0.717) is 15.7 Å². The fourth-order valence-electron chi connectivity index (χ4n) is 0.502. The summed E-state index contributed by atoms with van der Waals surface area (Å²) in [5.41, 5.74) is 5.95. The van der Waals surface area contributed by atoms with Crippen molar-refractivity contribution < 1.29 is 0 Å². The van der Waals surface area contributed by atoms with Gasteiger partial charge in [-0.2, -0.15) is 0 Å². The van der Waals surface area contributed by atoms with Gasteiger partial charge in [-0.15, -0.1) is 12.4 Å². The van der Waals surface area contributed by atoms with Crippen LogP contribution in [0, 0.1) is 0 Å². The van der Waals surface area contributed by atoms with Gasteiger partial charge in [0.1, 0.15) is 0 Å². The lowest BCUT2D eigenvalue weighted by Gasteiger charge is -1.94. The van der Waals surface area contributed by atoms with Crippen LogP contribution in [0.2, 0.25) is 10.0 Å². The molecule has 0 heterocycles. The molecule has 10 heavy (non-hydrogen) atoms. The number of hydrogen-bond acceptors (Lipinski definition) is 1. The highest BCUT2D eigenvalue weighted by Crippen LogP contribution is 2.21. The Balaban J connectivity index is 0.000000810. The largest absolute Gasteiger partial charge is 0.398 e. The number of halogens is 3. The molecule has 1 aromatic rings. The Morgan fingerprint density at radius 1 is 1.20 bits per heavy atom. The van der Waals surface area contributed by atoms with Crippen LogP contribution in [0.25, 0.3) is 0 Å². The minimum Gasteiger partial charge on any atom is -0.398 e. The summed E-state index contributed by atoms with van der Waals surface area (Å²) < 4.78 is 0. The van der Waals surface area contributed by atoms with E-state index in [2.05, 4.69) is 0 Å². The molecule has 0 radical (unpaired) electrons. The van der Waals surface area contributed by atoms with E-state index in [-0.39, 0.29) is 12.4 Å². The molecule has 0 amide bonds. The van der Waals surface area contributed by atoms with Crippen LogP contribution in [0.5, 0.6) is 0 Å². The molecule has 0 spiro atoms. The first-order valence-corrected chi connectivity index (χ1v) is 3.16. The van der Waals surface area contributed by atoms with Gasteiger partial charge in [0, 0.05) is 5.02 Å². The fourth-order valence-corrected chi connectivity index (χ4v) is 0.910. The average Bonchev–Trinajstić information content (AvgIpc) is 1.80. The zero-order valence-electron chi connectivity index (χ0n) is 4.97. The summed E-state index contributed by atoms with van der Waals surface area (Å²) in [6.45, 7) is 0. The van der Waals surface area contributed by atoms with Crippen LogP contribution in [0.15, 0.2) is 18.2 Å². The van der Waals surface area contributed by atoms with Gasteiger partial charge in [-0.1, -0.05) is 23.2 Å². The first-order valence-electron chi connectivity index (χ1n) is 2.40. The highest BCUT2D eigenvalue weighted by molar-refractivity contribution is 6.36. The molecular weight excluding hydrogens is 192 g/mol. The number of benzene rings is 1. The molecule has 0 aliphatic heterocycles. The Morgan fingerprint density at radius 3 is 2.20 bits per heavy atom. The van der Waals surface area contributed by atoms with Crippen molar-refractivity contribution in [2.45, 2.75) is 0 Å². The summed E-state index contributed by atoms with van der Waals surface area (Å²) in [6.07, 6.45) is 0. The van der Waals surface area contributed by atoms with Crippen LogP contribution >= 0.6 is 35.6 Å². The second-order valence-electron chi connectivity index (χ2n) is 1.67. The van der Waals surface area contributed by atoms with E-state index in [1.807, 2.05) is 0 Å². The third kappa shape index (κ3) is 2.25. The highest BCUT2D eigenvalue weighted by atomic mass is 35.5. The molecule has 1 rings (SSSR count). The lowest BCUT2D eigenvalue weighted by Crippen LogP contribution is -1.83. The van der Waals surface area contributed by atoms with Gasteiger partial charge < -0.3 is 5.73 Å². The molecule has 1 nitrogen and oxygen atoms in total. The number of anilines is 1. The van der Waals surface area contributed by atoms with Crippen molar-refractivity contribution in [3.05, 3.63) is 28.2 Å². The van der Waals surface area contributed by atoms with E-state index in [0.717, 1.165) is 0 Å². The summed E-state index contributed by atoms with van der Waals surface area (Å²) in [5.74, 6) is 0. The number of nitrogen functional groups attached to an aromatic ring is 1. The van der Waals surface area contributed by atoms with Crippen LogP contribution in [0.1, 0.15) is 0 Å². The Hall–Kier alpha value is -0.110. The van der Waals surface area contributed by atoms with E-state index in [4.69, 9.17) is 28.9 Å². The van der Waals surface area contributed by atoms with Crippen molar-refractivity contribution in [2.24, 2.45) is 0 Å². The third-order valence-corrected chi connectivity index (χ3v) is 1.52. The summed E-state index contributed by atoms with van der Waals surface area (Å²) >= 11 is 11.2. The van der Waals surface area contributed by atoms with Crippen LogP contribution in [0.4, 0.5) is 5.69 Å². The Labute approximate surface area is 75.5 Å². The monoisotopic (exact) mass is 197 g/mol. The fraction of sp³-hybridized carbons (Fsp3) is 0. The molecule has 0 bridgehead atoms. The van der Waals surface area contributed by atoms with Gasteiger partial charge in [0.2, 0.25) is 0 Å². The quantitative estimate of drug-likeness (QED) is 0.637. The second kappa shape index (κ2) is 3.91. The first-order chi connectivity index (χ1) is 4.20. The molecule has 0 saturated carbocycles. The van der Waals surface area contributed by atoms with Gasteiger partial charge in [-0.25, -0.2) is 0 Å². The molecular formula is C6H6Cl3N. The zero-order valence-corrected chi connectivity index (χ0v) is 7.30. The van der Waals surface area contributed by atoms with Crippen LogP contribution in [-0.4, -0.2) is 0 Å². The van der Waals surface area contributed by atoms with E-state index >= 15 is 0 Å². The molecule has 4 heteroatoms. The maximum atomic E-state index is 5.60. The number of rotatable bonds is 0. The van der Waals surface area contributed by atoms with E-state index in [1.165, 1.54) is 0 Å². The molecule has 0 aliphatic rings. The van der Waals surface area contributed by atoms with E-state index in [1.54, 1.807) is 18.2 Å². The minimum atomic E-state index is 0. The predicted molar refractivity (Wildman–Crippen MR) is 48.1 cm³/mol. The van der Waals surface area contributed by atoms with Crippen molar-refractivity contribution in [1.29, 1.82) is 0 Å².